The number of aryl methyl sites for hydroxylation is 1. The molecule has 0 spiro atoms. The van der Waals surface area contributed by atoms with Crippen molar-refractivity contribution in [1.29, 1.82) is 0 Å². The molecule has 1 aliphatic heterocycles. The summed E-state index contributed by atoms with van der Waals surface area (Å²) < 4.78 is 5.33. The Morgan fingerprint density at radius 3 is 2.67 bits per heavy atom. The fraction of sp³-hybridized carbons (Fsp3) is 0.450. The molecule has 7 nitrogen and oxygen atoms in total. The van der Waals surface area contributed by atoms with Gasteiger partial charge in [-0.05, 0) is 25.8 Å². The number of hydrogen-bond acceptors (Lipinski definition) is 5. The van der Waals surface area contributed by atoms with E-state index in [1.165, 1.54) is 0 Å². The molecule has 0 bridgehead atoms. The minimum Gasteiger partial charge on any atom is -0.378 e. The summed E-state index contributed by atoms with van der Waals surface area (Å²) in [5, 5.41) is 2.97. The molecule has 0 unspecified atom stereocenters. The zero-order valence-electron chi connectivity index (χ0n) is 15.8. The van der Waals surface area contributed by atoms with Crippen molar-refractivity contribution in [3.63, 3.8) is 0 Å². The highest BCUT2D eigenvalue weighted by molar-refractivity contribution is 5.76. The number of benzene rings is 1. The monoisotopic (exact) mass is 370 g/mol. The van der Waals surface area contributed by atoms with E-state index in [-0.39, 0.29) is 23.9 Å². The summed E-state index contributed by atoms with van der Waals surface area (Å²) in [6, 6.07) is 9.73. The van der Waals surface area contributed by atoms with Crippen LogP contribution in [0, 0.1) is 6.92 Å². The minimum absolute atomic E-state index is 0.0695. The Labute approximate surface area is 158 Å². The molecular formula is C20H26N4O3. The van der Waals surface area contributed by atoms with Crippen LogP contribution in [0.2, 0.25) is 0 Å². The number of amides is 1. The maximum Gasteiger partial charge on any atom is 0.255 e. The number of aromatic amines is 1. The Morgan fingerprint density at radius 1 is 1.30 bits per heavy atom. The quantitative estimate of drug-likeness (QED) is 0.809. The molecule has 1 amide bonds. The van der Waals surface area contributed by atoms with Crippen LogP contribution in [0.1, 0.15) is 36.2 Å². The molecule has 0 radical (unpaired) electrons. The Morgan fingerprint density at radius 2 is 2.00 bits per heavy atom. The predicted molar refractivity (Wildman–Crippen MR) is 104 cm³/mol. The van der Waals surface area contributed by atoms with Gasteiger partial charge in [0, 0.05) is 30.8 Å². The highest BCUT2D eigenvalue weighted by atomic mass is 16.5. The Balaban J connectivity index is 1.60. The van der Waals surface area contributed by atoms with E-state index in [9.17, 15) is 9.59 Å². The van der Waals surface area contributed by atoms with Crippen LogP contribution in [0.15, 0.2) is 35.1 Å². The van der Waals surface area contributed by atoms with Crippen LogP contribution >= 0.6 is 0 Å². The van der Waals surface area contributed by atoms with Crippen molar-refractivity contribution in [2.45, 2.75) is 32.7 Å². The number of nitrogens with one attached hydrogen (secondary N) is 2. The van der Waals surface area contributed by atoms with Gasteiger partial charge < -0.3 is 15.0 Å². The van der Waals surface area contributed by atoms with E-state index in [1.807, 2.05) is 49.1 Å². The summed E-state index contributed by atoms with van der Waals surface area (Å²) in [5.74, 6) is 0.495. The van der Waals surface area contributed by atoms with Gasteiger partial charge in [-0.15, -0.1) is 0 Å². The molecule has 2 heterocycles. The van der Waals surface area contributed by atoms with E-state index in [0.717, 1.165) is 5.56 Å². The molecule has 1 saturated heterocycles. The molecule has 1 atom stereocenters. The van der Waals surface area contributed by atoms with Crippen molar-refractivity contribution >= 4 is 11.9 Å². The number of rotatable bonds is 6. The van der Waals surface area contributed by atoms with Crippen molar-refractivity contribution in [2.75, 3.05) is 31.2 Å². The first kappa shape index (κ1) is 19.1. The first-order valence-electron chi connectivity index (χ1n) is 9.31. The highest BCUT2D eigenvalue weighted by Gasteiger charge is 2.17. The molecule has 0 saturated carbocycles. The molecule has 3 rings (SSSR count). The minimum atomic E-state index is -0.173. The van der Waals surface area contributed by atoms with Gasteiger partial charge in [-0.1, -0.05) is 30.3 Å². The molecule has 0 aliphatic carbocycles. The third-order valence-electron chi connectivity index (χ3n) is 4.80. The average molecular weight is 370 g/mol. The van der Waals surface area contributed by atoms with Gasteiger partial charge in [-0.3, -0.25) is 14.6 Å². The van der Waals surface area contributed by atoms with Gasteiger partial charge in [0.25, 0.3) is 5.56 Å². The number of H-pyrrole nitrogens is 1. The molecule has 27 heavy (non-hydrogen) atoms. The summed E-state index contributed by atoms with van der Waals surface area (Å²) in [4.78, 5) is 34.1. The van der Waals surface area contributed by atoms with Crippen LogP contribution in [0.4, 0.5) is 5.95 Å². The smallest absolute Gasteiger partial charge is 0.255 e. The van der Waals surface area contributed by atoms with E-state index in [0.29, 0.717) is 49.9 Å². The van der Waals surface area contributed by atoms with Gasteiger partial charge in [-0.25, -0.2) is 4.98 Å². The second-order valence-electron chi connectivity index (χ2n) is 6.75. The summed E-state index contributed by atoms with van der Waals surface area (Å²) in [6.07, 6.45) is 0.616. The average Bonchev–Trinajstić information content (AvgIpc) is 2.68. The lowest BCUT2D eigenvalue weighted by atomic mass is 10.1. The van der Waals surface area contributed by atoms with E-state index < -0.39 is 0 Å². The third kappa shape index (κ3) is 4.95. The maximum atomic E-state index is 12.5. The lowest BCUT2D eigenvalue weighted by Crippen LogP contribution is -2.38. The zero-order chi connectivity index (χ0) is 19.2. The lowest BCUT2D eigenvalue weighted by molar-refractivity contribution is -0.121. The van der Waals surface area contributed by atoms with Crippen molar-refractivity contribution in [1.82, 2.24) is 15.3 Å². The molecule has 144 valence electrons. The van der Waals surface area contributed by atoms with Crippen molar-refractivity contribution < 1.29 is 9.53 Å². The fourth-order valence-electron chi connectivity index (χ4n) is 3.19. The maximum absolute atomic E-state index is 12.5. The first-order chi connectivity index (χ1) is 13.0. The fourth-order valence-corrected chi connectivity index (χ4v) is 3.19. The number of morpholine rings is 1. The molecule has 1 aromatic carbocycles. The molecular weight excluding hydrogens is 344 g/mol. The van der Waals surface area contributed by atoms with Gasteiger partial charge in [0.1, 0.15) is 0 Å². The second kappa shape index (κ2) is 8.81. The van der Waals surface area contributed by atoms with Gasteiger partial charge >= 0.3 is 0 Å². The normalized spacial score (nSPS) is 15.4. The molecule has 7 heteroatoms. The number of carbonyl (C=O) groups is 1. The molecule has 1 aromatic heterocycles. The van der Waals surface area contributed by atoms with Crippen LogP contribution in [-0.4, -0.2) is 42.2 Å². The van der Waals surface area contributed by atoms with Crippen molar-refractivity contribution in [2.24, 2.45) is 0 Å². The highest BCUT2D eigenvalue weighted by Crippen LogP contribution is 2.13. The Bertz CT molecular complexity index is 829. The number of nitrogens with zero attached hydrogens (tertiary/aromatic N) is 2. The largest absolute Gasteiger partial charge is 0.378 e. The lowest BCUT2D eigenvalue weighted by Gasteiger charge is -2.27. The molecule has 2 N–H and O–H groups in total. The number of hydrogen-bond donors (Lipinski definition) is 2. The Kier molecular flexibility index (Phi) is 6.24. The van der Waals surface area contributed by atoms with E-state index in [1.54, 1.807) is 0 Å². The van der Waals surface area contributed by atoms with Crippen LogP contribution in [0.5, 0.6) is 0 Å². The standard InChI is InChI=1S/C20H26N4O3/c1-14(16-6-4-3-5-7-16)21-18(25)9-8-17-15(2)22-20(23-19(17)26)24-10-12-27-13-11-24/h3-7,14H,8-13H2,1-2H3,(H,21,25)(H,22,23,26)/t14-/m0/s1. The number of ether oxygens (including phenoxy) is 1. The van der Waals surface area contributed by atoms with Crippen molar-refractivity contribution in [3.8, 4) is 0 Å². The molecule has 2 aromatic rings. The van der Waals surface area contributed by atoms with Gasteiger partial charge in [0.2, 0.25) is 11.9 Å². The summed E-state index contributed by atoms with van der Waals surface area (Å²) >= 11 is 0. The van der Waals surface area contributed by atoms with Gasteiger partial charge in [-0.2, -0.15) is 0 Å². The van der Waals surface area contributed by atoms with Crippen LogP contribution in [-0.2, 0) is 16.0 Å². The molecule has 1 fully saturated rings. The predicted octanol–water partition coefficient (Wildman–Crippen LogP) is 1.72. The van der Waals surface area contributed by atoms with E-state index >= 15 is 0 Å². The second-order valence-corrected chi connectivity index (χ2v) is 6.75. The van der Waals surface area contributed by atoms with E-state index in [2.05, 4.69) is 15.3 Å². The zero-order valence-corrected chi connectivity index (χ0v) is 15.8. The van der Waals surface area contributed by atoms with E-state index in [4.69, 9.17) is 4.74 Å². The van der Waals surface area contributed by atoms with Crippen LogP contribution < -0.4 is 15.8 Å². The van der Waals surface area contributed by atoms with Crippen molar-refractivity contribution in [3.05, 3.63) is 57.5 Å². The summed E-state index contributed by atoms with van der Waals surface area (Å²) in [7, 11) is 0. The topological polar surface area (TPSA) is 87.3 Å². The third-order valence-corrected chi connectivity index (χ3v) is 4.80. The first-order valence-corrected chi connectivity index (χ1v) is 9.31. The number of aromatic nitrogens is 2. The summed E-state index contributed by atoms with van der Waals surface area (Å²) in [5.41, 5.74) is 2.11. The number of carbonyl (C=O) groups excluding carboxylic acids is 1. The number of anilines is 1. The van der Waals surface area contributed by atoms with Crippen LogP contribution in [0.25, 0.3) is 0 Å². The van der Waals surface area contributed by atoms with Gasteiger partial charge in [0.15, 0.2) is 0 Å². The summed E-state index contributed by atoms with van der Waals surface area (Å²) in [6.45, 7) is 6.45. The van der Waals surface area contributed by atoms with Crippen LogP contribution in [0.3, 0.4) is 0 Å². The Hall–Kier alpha value is -2.67. The SMILES string of the molecule is Cc1nc(N2CCOCC2)[nH]c(=O)c1CCC(=O)N[C@@H](C)c1ccccc1. The van der Waals surface area contributed by atoms with Gasteiger partial charge in [0.05, 0.1) is 19.3 Å². The molecule has 1 aliphatic rings.